The molecule has 2 aromatic rings. The predicted molar refractivity (Wildman–Crippen MR) is 127 cm³/mol. The van der Waals surface area contributed by atoms with Gasteiger partial charge in [-0.25, -0.2) is 0 Å². The number of epoxide rings is 2. The Morgan fingerprint density at radius 2 is 1.69 bits per heavy atom. The summed E-state index contributed by atoms with van der Waals surface area (Å²) in [6.45, 7) is 7.43. The van der Waals surface area contributed by atoms with Gasteiger partial charge in [-0.15, -0.1) is 0 Å². The SMILES string of the molecule is CCC(C)c1cc(C2=CCC(c3ccc(OCC4CO4)cc3)C=C2)ccc1OCC1CO1. The smallest absolute Gasteiger partial charge is 0.122 e. The highest BCUT2D eigenvalue weighted by Gasteiger charge is 2.24. The molecule has 3 aliphatic rings. The Kier molecular flexibility index (Phi) is 6.33. The molecule has 1 aliphatic carbocycles. The molecule has 4 atom stereocenters. The maximum Gasteiger partial charge on any atom is 0.122 e. The molecule has 2 fully saturated rings. The molecule has 0 aromatic heterocycles. The minimum absolute atomic E-state index is 0.272. The lowest BCUT2D eigenvalue weighted by Gasteiger charge is -2.20. The van der Waals surface area contributed by atoms with E-state index in [1.165, 1.54) is 22.3 Å². The van der Waals surface area contributed by atoms with Gasteiger partial charge in [-0.05, 0) is 65.3 Å². The third kappa shape index (κ3) is 5.25. The molecule has 2 aliphatic heterocycles. The van der Waals surface area contributed by atoms with Crippen LogP contribution in [0.5, 0.6) is 11.5 Å². The van der Waals surface area contributed by atoms with Gasteiger partial charge in [-0.3, -0.25) is 0 Å². The van der Waals surface area contributed by atoms with Gasteiger partial charge in [0.2, 0.25) is 0 Å². The van der Waals surface area contributed by atoms with E-state index in [1.54, 1.807) is 0 Å². The number of hydrogen-bond donors (Lipinski definition) is 0. The first-order valence-corrected chi connectivity index (χ1v) is 11.8. The minimum Gasteiger partial charge on any atom is -0.491 e. The zero-order valence-electron chi connectivity index (χ0n) is 19.0. The van der Waals surface area contributed by atoms with Gasteiger partial charge in [0, 0.05) is 5.92 Å². The van der Waals surface area contributed by atoms with Crippen LogP contribution < -0.4 is 9.47 Å². The van der Waals surface area contributed by atoms with Crippen LogP contribution in [0.4, 0.5) is 0 Å². The first kappa shape index (κ1) is 21.3. The van der Waals surface area contributed by atoms with Crippen molar-refractivity contribution in [2.45, 2.75) is 50.7 Å². The Morgan fingerprint density at radius 1 is 0.969 bits per heavy atom. The van der Waals surface area contributed by atoms with E-state index in [-0.39, 0.29) is 12.2 Å². The Labute approximate surface area is 190 Å². The monoisotopic (exact) mass is 432 g/mol. The summed E-state index contributed by atoms with van der Waals surface area (Å²) in [5, 5.41) is 0. The van der Waals surface area contributed by atoms with Crippen molar-refractivity contribution in [1.82, 2.24) is 0 Å². The zero-order valence-corrected chi connectivity index (χ0v) is 19.0. The molecule has 0 N–H and O–H groups in total. The summed E-state index contributed by atoms with van der Waals surface area (Å²) in [4.78, 5) is 0. The van der Waals surface area contributed by atoms with Crippen molar-refractivity contribution in [2.24, 2.45) is 0 Å². The molecule has 0 bridgehead atoms. The maximum absolute atomic E-state index is 6.07. The summed E-state index contributed by atoms with van der Waals surface area (Å²) >= 11 is 0. The fourth-order valence-electron chi connectivity index (χ4n) is 4.06. The van der Waals surface area contributed by atoms with E-state index in [0.29, 0.717) is 25.0 Å². The summed E-state index contributed by atoms with van der Waals surface area (Å²) in [7, 11) is 0. The van der Waals surface area contributed by atoms with Crippen LogP contribution in [0.3, 0.4) is 0 Å². The van der Waals surface area contributed by atoms with Gasteiger partial charge in [-0.2, -0.15) is 0 Å². The Bertz CT molecular complexity index is 983. The van der Waals surface area contributed by atoms with E-state index >= 15 is 0 Å². The predicted octanol–water partition coefficient (Wildman–Crippen LogP) is 5.88. The van der Waals surface area contributed by atoms with Crippen LogP contribution in [0.1, 0.15) is 55.2 Å². The van der Waals surface area contributed by atoms with Crippen LogP contribution in [0, 0.1) is 0 Å². The second kappa shape index (κ2) is 9.51. The van der Waals surface area contributed by atoms with E-state index in [2.05, 4.69) is 74.5 Å². The van der Waals surface area contributed by atoms with Crippen LogP contribution in [-0.4, -0.2) is 38.6 Å². The highest BCUT2D eigenvalue weighted by atomic mass is 16.6. The number of hydrogen-bond acceptors (Lipinski definition) is 4. The van der Waals surface area contributed by atoms with Gasteiger partial charge >= 0.3 is 0 Å². The minimum atomic E-state index is 0.272. The second-order valence-corrected chi connectivity index (χ2v) is 9.02. The zero-order chi connectivity index (χ0) is 21.9. The number of rotatable bonds is 10. The summed E-state index contributed by atoms with van der Waals surface area (Å²) in [5.74, 6) is 2.76. The van der Waals surface area contributed by atoms with Crippen molar-refractivity contribution in [3.8, 4) is 11.5 Å². The maximum atomic E-state index is 6.07. The highest BCUT2D eigenvalue weighted by Crippen LogP contribution is 2.36. The number of benzene rings is 2. The lowest BCUT2D eigenvalue weighted by atomic mass is 9.87. The highest BCUT2D eigenvalue weighted by molar-refractivity contribution is 5.76. The van der Waals surface area contributed by atoms with Crippen molar-refractivity contribution < 1.29 is 18.9 Å². The Hall–Kier alpha value is -2.56. The molecular formula is C28H32O4. The van der Waals surface area contributed by atoms with Crippen molar-refractivity contribution in [1.29, 1.82) is 0 Å². The molecule has 0 amide bonds. The van der Waals surface area contributed by atoms with Crippen LogP contribution in [0.2, 0.25) is 0 Å². The first-order valence-electron chi connectivity index (χ1n) is 11.8. The molecule has 5 rings (SSSR count). The summed E-state index contributed by atoms with van der Waals surface area (Å²) < 4.78 is 22.3. The van der Waals surface area contributed by atoms with Crippen molar-refractivity contribution in [3.63, 3.8) is 0 Å². The molecule has 168 valence electrons. The van der Waals surface area contributed by atoms with E-state index in [0.717, 1.165) is 37.6 Å². The molecule has 4 heteroatoms. The van der Waals surface area contributed by atoms with E-state index in [4.69, 9.17) is 18.9 Å². The fraction of sp³-hybridized carbons (Fsp3) is 0.429. The molecule has 2 heterocycles. The quantitative estimate of drug-likeness (QED) is 0.440. The van der Waals surface area contributed by atoms with Crippen LogP contribution in [0.25, 0.3) is 5.57 Å². The van der Waals surface area contributed by atoms with Gasteiger partial charge in [0.25, 0.3) is 0 Å². The number of ether oxygens (including phenoxy) is 4. The van der Waals surface area contributed by atoms with Crippen LogP contribution >= 0.6 is 0 Å². The van der Waals surface area contributed by atoms with Gasteiger partial charge in [0.1, 0.15) is 36.9 Å². The van der Waals surface area contributed by atoms with Crippen molar-refractivity contribution in [2.75, 3.05) is 26.4 Å². The van der Waals surface area contributed by atoms with Crippen LogP contribution in [-0.2, 0) is 9.47 Å². The lowest BCUT2D eigenvalue weighted by molar-refractivity contribution is 0.260. The molecule has 2 aromatic carbocycles. The fourth-order valence-corrected chi connectivity index (χ4v) is 4.06. The summed E-state index contributed by atoms with van der Waals surface area (Å²) in [6, 6.07) is 15.1. The molecule has 0 radical (unpaired) electrons. The van der Waals surface area contributed by atoms with Gasteiger partial charge < -0.3 is 18.9 Å². The third-order valence-electron chi connectivity index (χ3n) is 6.56. The van der Waals surface area contributed by atoms with Gasteiger partial charge in [-0.1, -0.05) is 50.3 Å². The molecule has 0 saturated carbocycles. The third-order valence-corrected chi connectivity index (χ3v) is 6.56. The molecule has 0 spiro atoms. The van der Waals surface area contributed by atoms with E-state index in [1.807, 2.05) is 0 Å². The molecule has 4 unspecified atom stereocenters. The summed E-state index contributed by atoms with van der Waals surface area (Å²) in [5.41, 5.74) is 5.15. The average Bonchev–Trinajstić information content (AvgIpc) is 3.77. The van der Waals surface area contributed by atoms with Crippen molar-refractivity contribution in [3.05, 3.63) is 77.4 Å². The molecule has 32 heavy (non-hydrogen) atoms. The first-order chi connectivity index (χ1) is 15.7. The molecular weight excluding hydrogens is 400 g/mol. The topological polar surface area (TPSA) is 43.5 Å². The summed E-state index contributed by atoms with van der Waals surface area (Å²) in [6.07, 6.45) is 9.58. The van der Waals surface area contributed by atoms with Crippen molar-refractivity contribution >= 4 is 5.57 Å². The molecule has 4 nitrogen and oxygen atoms in total. The Morgan fingerprint density at radius 3 is 2.31 bits per heavy atom. The molecule has 2 saturated heterocycles. The second-order valence-electron chi connectivity index (χ2n) is 9.02. The van der Waals surface area contributed by atoms with Gasteiger partial charge in [0.15, 0.2) is 0 Å². The standard InChI is InChI=1S/C28H32O4/c1-3-19(2)27-14-23(10-13-28(27)32-18-26-17-31-26)22-6-4-20(5-7-22)21-8-11-24(12-9-21)29-15-25-16-30-25/h4,6-14,19-20,25-26H,3,5,15-18H2,1-2H3. The largest absolute Gasteiger partial charge is 0.491 e. The normalized spacial score (nSPS) is 24.6. The van der Waals surface area contributed by atoms with Gasteiger partial charge in [0.05, 0.1) is 13.2 Å². The van der Waals surface area contributed by atoms with Crippen LogP contribution in [0.15, 0.2) is 60.7 Å². The Balaban J connectivity index is 1.25. The average molecular weight is 433 g/mol. The lowest BCUT2D eigenvalue weighted by Crippen LogP contribution is -2.07. The van der Waals surface area contributed by atoms with E-state index in [9.17, 15) is 0 Å². The van der Waals surface area contributed by atoms with E-state index < -0.39 is 0 Å². The number of allylic oxidation sites excluding steroid dienone is 4.